The van der Waals surface area contributed by atoms with Crippen LogP contribution < -0.4 is 5.32 Å². The number of nitro groups is 1. The highest BCUT2D eigenvalue weighted by Gasteiger charge is 2.31. The van der Waals surface area contributed by atoms with Crippen LogP contribution in [0.1, 0.15) is 36.5 Å². The van der Waals surface area contributed by atoms with E-state index in [0.29, 0.717) is 18.5 Å². The summed E-state index contributed by atoms with van der Waals surface area (Å²) in [4.78, 5) is 39.8. The van der Waals surface area contributed by atoms with Crippen molar-refractivity contribution in [1.82, 2.24) is 10.2 Å². The number of nitro benzene ring substituents is 1. The Morgan fingerprint density at radius 2 is 1.69 bits per heavy atom. The number of carbonyl (C=O) groups excluding carboxylic acids is 2. The van der Waals surface area contributed by atoms with Crippen molar-refractivity contribution in [1.29, 1.82) is 0 Å². The fourth-order valence-electron chi connectivity index (χ4n) is 4.00. The third-order valence-corrected chi connectivity index (χ3v) is 6.37. The smallest absolute Gasteiger partial charge is 0.273 e. The van der Waals surface area contributed by atoms with Gasteiger partial charge in [0, 0.05) is 35.6 Å². The minimum Gasteiger partial charge on any atom is -0.354 e. The van der Waals surface area contributed by atoms with Crippen molar-refractivity contribution >= 4 is 33.4 Å². The molecule has 3 aromatic carbocycles. The minimum atomic E-state index is -0.779. The molecule has 8 heteroatoms. The number of halogens is 1. The molecule has 0 aliphatic heterocycles. The van der Waals surface area contributed by atoms with Crippen molar-refractivity contribution in [3.05, 3.63) is 110 Å². The number of para-hydroxylation sites is 1. The number of benzene rings is 3. The van der Waals surface area contributed by atoms with E-state index in [4.69, 9.17) is 0 Å². The molecule has 1 N–H and O–H groups in total. The molecule has 0 unspecified atom stereocenters. The van der Waals surface area contributed by atoms with Gasteiger partial charge in [-0.15, -0.1) is 0 Å². The average Bonchev–Trinajstić information content (AvgIpc) is 2.87. The van der Waals surface area contributed by atoms with Crippen molar-refractivity contribution in [2.24, 2.45) is 0 Å². The highest BCUT2D eigenvalue weighted by molar-refractivity contribution is 9.10. The second-order valence-electron chi connectivity index (χ2n) is 8.56. The molecule has 0 aromatic heterocycles. The van der Waals surface area contributed by atoms with Crippen LogP contribution in [-0.4, -0.2) is 34.2 Å². The van der Waals surface area contributed by atoms with E-state index in [2.05, 4.69) is 21.2 Å². The van der Waals surface area contributed by atoms with E-state index in [-0.39, 0.29) is 30.5 Å². The van der Waals surface area contributed by atoms with Crippen LogP contribution in [0.2, 0.25) is 0 Å². The Morgan fingerprint density at radius 1 is 1.00 bits per heavy atom. The maximum absolute atomic E-state index is 13.8. The lowest BCUT2D eigenvalue weighted by molar-refractivity contribution is -0.385. The second-order valence-corrected chi connectivity index (χ2v) is 9.48. The van der Waals surface area contributed by atoms with Gasteiger partial charge in [-0.1, -0.05) is 89.9 Å². The average molecular weight is 552 g/mol. The summed E-state index contributed by atoms with van der Waals surface area (Å²) >= 11 is 3.47. The predicted octanol–water partition coefficient (Wildman–Crippen LogP) is 5.46. The number of carbonyl (C=O) groups is 2. The summed E-state index contributed by atoms with van der Waals surface area (Å²) in [6.45, 7) is 2.75. The van der Waals surface area contributed by atoms with Gasteiger partial charge in [0.2, 0.25) is 11.8 Å². The lowest BCUT2D eigenvalue weighted by Crippen LogP contribution is -2.51. The molecule has 0 spiro atoms. The molecule has 0 bridgehead atoms. The summed E-state index contributed by atoms with van der Waals surface area (Å²) in [7, 11) is 0. The molecule has 0 saturated carbocycles. The number of amides is 2. The first-order valence-corrected chi connectivity index (χ1v) is 12.8. The zero-order valence-electron chi connectivity index (χ0n) is 20.2. The molecule has 36 heavy (non-hydrogen) atoms. The Hall–Kier alpha value is -3.52. The van der Waals surface area contributed by atoms with E-state index in [1.807, 2.05) is 61.5 Å². The van der Waals surface area contributed by atoms with Crippen LogP contribution in [0.4, 0.5) is 5.69 Å². The Balaban J connectivity index is 1.99. The van der Waals surface area contributed by atoms with Gasteiger partial charge in [0.05, 0.1) is 11.3 Å². The van der Waals surface area contributed by atoms with Gasteiger partial charge in [0.1, 0.15) is 6.04 Å². The molecule has 7 nitrogen and oxygen atoms in total. The van der Waals surface area contributed by atoms with Crippen LogP contribution in [-0.2, 0) is 29.0 Å². The van der Waals surface area contributed by atoms with Crippen molar-refractivity contribution in [3.63, 3.8) is 0 Å². The largest absolute Gasteiger partial charge is 0.354 e. The Bertz CT molecular complexity index is 1190. The minimum absolute atomic E-state index is 0.111. The van der Waals surface area contributed by atoms with Crippen LogP contribution in [0.25, 0.3) is 0 Å². The normalized spacial score (nSPS) is 11.5. The first kappa shape index (κ1) is 27.1. The predicted molar refractivity (Wildman–Crippen MR) is 143 cm³/mol. The summed E-state index contributed by atoms with van der Waals surface area (Å²) in [6, 6.07) is 22.6. The standard InChI is InChI=1S/C28H30BrN3O4/c1-2-3-16-30-28(34)26(18-21-10-5-4-6-11-21)31(20-22-12-9-14-24(29)17-22)27(33)19-23-13-7-8-15-25(23)32(35)36/h4-15,17,26H,2-3,16,18-20H2,1H3,(H,30,34)/t26-/m1/s1. The molecule has 0 aliphatic carbocycles. The van der Waals surface area contributed by atoms with Gasteiger partial charge >= 0.3 is 0 Å². The molecule has 3 aromatic rings. The summed E-state index contributed by atoms with van der Waals surface area (Å²) in [5.74, 6) is -0.589. The number of nitrogens with one attached hydrogen (secondary N) is 1. The van der Waals surface area contributed by atoms with Gasteiger partial charge in [-0.3, -0.25) is 19.7 Å². The molecule has 0 heterocycles. The van der Waals surface area contributed by atoms with Gasteiger partial charge < -0.3 is 10.2 Å². The maximum atomic E-state index is 13.8. The number of rotatable bonds is 12. The monoisotopic (exact) mass is 551 g/mol. The topological polar surface area (TPSA) is 92.6 Å². The van der Waals surface area contributed by atoms with Crippen molar-refractivity contribution < 1.29 is 14.5 Å². The Labute approximate surface area is 219 Å². The highest BCUT2D eigenvalue weighted by atomic mass is 79.9. The van der Waals surface area contributed by atoms with Crippen molar-refractivity contribution in [3.8, 4) is 0 Å². The lowest BCUT2D eigenvalue weighted by Gasteiger charge is -2.31. The molecule has 0 radical (unpaired) electrons. The molecular formula is C28H30BrN3O4. The summed E-state index contributed by atoms with van der Waals surface area (Å²) in [6.07, 6.45) is 1.91. The fourth-order valence-corrected chi connectivity index (χ4v) is 4.44. The molecule has 0 saturated heterocycles. The molecule has 188 valence electrons. The highest BCUT2D eigenvalue weighted by Crippen LogP contribution is 2.22. The molecule has 2 amide bonds. The van der Waals surface area contributed by atoms with E-state index in [0.717, 1.165) is 28.4 Å². The van der Waals surface area contributed by atoms with Gasteiger partial charge in [0.15, 0.2) is 0 Å². The van der Waals surface area contributed by atoms with Crippen LogP contribution in [0, 0.1) is 10.1 Å². The Morgan fingerprint density at radius 3 is 2.39 bits per heavy atom. The third kappa shape index (κ3) is 7.75. The van der Waals surface area contributed by atoms with Gasteiger partial charge in [-0.2, -0.15) is 0 Å². The van der Waals surface area contributed by atoms with Gasteiger partial charge in [-0.05, 0) is 29.7 Å². The number of nitrogens with zero attached hydrogens (tertiary/aromatic N) is 2. The van der Waals surface area contributed by atoms with Crippen molar-refractivity contribution in [2.45, 2.75) is 45.2 Å². The van der Waals surface area contributed by atoms with Gasteiger partial charge in [-0.25, -0.2) is 0 Å². The summed E-state index contributed by atoms with van der Waals surface area (Å²) < 4.78 is 0.859. The summed E-state index contributed by atoms with van der Waals surface area (Å²) in [5, 5.41) is 14.5. The van der Waals surface area contributed by atoms with E-state index in [1.54, 1.807) is 23.1 Å². The molecule has 0 aliphatic rings. The Kier molecular flexibility index (Phi) is 10.2. The van der Waals surface area contributed by atoms with E-state index < -0.39 is 11.0 Å². The van der Waals surface area contributed by atoms with Crippen LogP contribution >= 0.6 is 15.9 Å². The zero-order chi connectivity index (χ0) is 25.9. The van der Waals surface area contributed by atoms with Crippen LogP contribution in [0.5, 0.6) is 0 Å². The van der Waals surface area contributed by atoms with E-state index in [1.165, 1.54) is 6.07 Å². The SMILES string of the molecule is CCCCNC(=O)[C@@H](Cc1ccccc1)N(Cc1cccc(Br)c1)C(=O)Cc1ccccc1[N+](=O)[O-]. The number of hydrogen-bond donors (Lipinski definition) is 1. The fraction of sp³-hybridized carbons (Fsp3) is 0.286. The quantitative estimate of drug-likeness (QED) is 0.184. The molecule has 0 fully saturated rings. The maximum Gasteiger partial charge on any atom is 0.273 e. The third-order valence-electron chi connectivity index (χ3n) is 5.87. The van der Waals surface area contributed by atoms with E-state index in [9.17, 15) is 19.7 Å². The molecule has 1 atom stereocenters. The zero-order valence-corrected chi connectivity index (χ0v) is 21.8. The first-order valence-electron chi connectivity index (χ1n) is 12.0. The van der Waals surface area contributed by atoms with E-state index >= 15 is 0 Å². The van der Waals surface area contributed by atoms with Crippen molar-refractivity contribution in [2.75, 3.05) is 6.54 Å². The molecular weight excluding hydrogens is 522 g/mol. The lowest BCUT2D eigenvalue weighted by atomic mass is 10.0. The number of hydrogen-bond acceptors (Lipinski definition) is 4. The van der Waals surface area contributed by atoms with Gasteiger partial charge in [0.25, 0.3) is 5.69 Å². The summed E-state index contributed by atoms with van der Waals surface area (Å²) in [5.41, 5.74) is 1.97. The van der Waals surface area contributed by atoms with Crippen LogP contribution in [0.15, 0.2) is 83.3 Å². The van der Waals surface area contributed by atoms with Crippen LogP contribution in [0.3, 0.4) is 0 Å². The number of unbranched alkanes of at least 4 members (excludes halogenated alkanes) is 1. The first-order chi connectivity index (χ1) is 17.4. The molecule has 3 rings (SSSR count). The second kappa shape index (κ2) is 13.5.